The van der Waals surface area contributed by atoms with Crippen LogP contribution in [-0.2, 0) is 0 Å². The van der Waals surface area contributed by atoms with Crippen LogP contribution < -0.4 is 20.1 Å². The van der Waals surface area contributed by atoms with Crippen molar-refractivity contribution in [1.29, 1.82) is 0 Å². The second kappa shape index (κ2) is 6.15. The number of hydrogen-bond donors (Lipinski definition) is 1. The summed E-state index contributed by atoms with van der Waals surface area (Å²) in [6.07, 6.45) is 0.914. The van der Waals surface area contributed by atoms with Gasteiger partial charge in [0, 0.05) is 24.7 Å². The van der Waals surface area contributed by atoms with E-state index < -0.39 is 0 Å². The van der Waals surface area contributed by atoms with Crippen LogP contribution >= 0.6 is 0 Å². The lowest BCUT2D eigenvalue weighted by atomic mass is 10.0. The molecule has 19 heavy (non-hydrogen) atoms. The Morgan fingerprint density at radius 3 is 2.32 bits per heavy atom. The zero-order valence-corrected chi connectivity index (χ0v) is 12.9. The van der Waals surface area contributed by atoms with Gasteiger partial charge in [-0.05, 0) is 39.3 Å². The fraction of sp³-hybridized carbons (Fsp3) is 0.600. The van der Waals surface area contributed by atoms with Gasteiger partial charge < -0.3 is 20.1 Å². The van der Waals surface area contributed by atoms with Gasteiger partial charge in [-0.25, -0.2) is 0 Å². The number of ether oxygens (including phenoxy) is 2. The summed E-state index contributed by atoms with van der Waals surface area (Å²) in [4.78, 5) is 2.17. The molecule has 0 amide bonds. The lowest BCUT2D eigenvalue weighted by Crippen LogP contribution is -2.36. The van der Waals surface area contributed by atoms with E-state index in [1.165, 1.54) is 0 Å². The average molecular weight is 266 g/mol. The summed E-state index contributed by atoms with van der Waals surface area (Å²) in [6, 6.07) is 3.99. The van der Waals surface area contributed by atoms with E-state index in [1.807, 2.05) is 32.9 Å². The van der Waals surface area contributed by atoms with E-state index in [-0.39, 0.29) is 5.54 Å². The molecular weight excluding hydrogens is 240 g/mol. The lowest BCUT2D eigenvalue weighted by molar-refractivity contribution is 0.388. The molecule has 0 saturated heterocycles. The molecule has 0 aliphatic heterocycles. The fourth-order valence-electron chi connectivity index (χ4n) is 2.02. The Morgan fingerprint density at radius 2 is 1.84 bits per heavy atom. The first-order valence-electron chi connectivity index (χ1n) is 6.51. The van der Waals surface area contributed by atoms with Crippen LogP contribution in [0.15, 0.2) is 12.1 Å². The van der Waals surface area contributed by atoms with Gasteiger partial charge in [0.1, 0.15) is 11.5 Å². The number of anilines is 1. The molecule has 0 saturated carbocycles. The number of rotatable bonds is 6. The fourth-order valence-corrected chi connectivity index (χ4v) is 2.02. The molecule has 1 aromatic carbocycles. The highest BCUT2D eigenvalue weighted by Crippen LogP contribution is 2.36. The van der Waals surface area contributed by atoms with Gasteiger partial charge in [0.25, 0.3) is 0 Å². The van der Waals surface area contributed by atoms with Crippen molar-refractivity contribution in [3.8, 4) is 11.5 Å². The maximum atomic E-state index is 6.03. The Kier molecular flexibility index (Phi) is 5.06. The molecule has 0 aliphatic rings. The normalized spacial score (nSPS) is 11.3. The second-order valence-corrected chi connectivity index (χ2v) is 5.61. The molecule has 0 bridgehead atoms. The van der Waals surface area contributed by atoms with Gasteiger partial charge in [-0.1, -0.05) is 0 Å². The van der Waals surface area contributed by atoms with E-state index in [0.717, 1.165) is 35.7 Å². The summed E-state index contributed by atoms with van der Waals surface area (Å²) in [5.74, 6) is 1.70. The minimum absolute atomic E-state index is 0.164. The Labute approximate surface area is 116 Å². The second-order valence-electron chi connectivity index (χ2n) is 5.61. The zero-order chi connectivity index (χ0) is 14.6. The monoisotopic (exact) mass is 266 g/mol. The van der Waals surface area contributed by atoms with Crippen LogP contribution in [0.5, 0.6) is 11.5 Å². The molecule has 4 heteroatoms. The Bertz CT molecular complexity index is 425. The third kappa shape index (κ3) is 4.03. The minimum atomic E-state index is -0.164. The number of methoxy groups -OCH3 is 2. The van der Waals surface area contributed by atoms with Gasteiger partial charge in [-0.15, -0.1) is 0 Å². The largest absolute Gasteiger partial charge is 0.496 e. The lowest BCUT2D eigenvalue weighted by Gasteiger charge is -2.27. The van der Waals surface area contributed by atoms with Gasteiger partial charge in [0.05, 0.1) is 19.9 Å². The molecule has 0 heterocycles. The number of nitrogens with two attached hydrogens (primary N) is 1. The number of benzene rings is 1. The molecule has 4 nitrogen and oxygen atoms in total. The summed E-state index contributed by atoms with van der Waals surface area (Å²) >= 11 is 0. The SMILES string of the molecule is COc1ccc(N(C)CCC(C)(C)N)c(OC)c1C. The van der Waals surface area contributed by atoms with E-state index >= 15 is 0 Å². The van der Waals surface area contributed by atoms with Crippen LogP contribution in [0, 0.1) is 6.92 Å². The van der Waals surface area contributed by atoms with Crippen LogP contribution in [0.2, 0.25) is 0 Å². The topological polar surface area (TPSA) is 47.7 Å². The summed E-state index contributed by atoms with van der Waals surface area (Å²) < 4.78 is 10.8. The first-order chi connectivity index (χ1) is 8.80. The van der Waals surface area contributed by atoms with E-state index in [0.29, 0.717) is 0 Å². The van der Waals surface area contributed by atoms with Gasteiger partial charge in [-0.2, -0.15) is 0 Å². The maximum absolute atomic E-state index is 6.03. The number of hydrogen-bond acceptors (Lipinski definition) is 4. The van der Waals surface area contributed by atoms with Crippen LogP contribution in [0.4, 0.5) is 5.69 Å². The van der Waals surface area contributed by atoms with Crippen molar-refractivity contribution >= 4 is 5.69 Å². The summed E-state index contributed by atoms with van der Waals surface area (Å²) in [7, 11) is 5.41. The molecule has 0 unspecified atom stereocenters. The van der Waals surface area contributed by atoms with Crippen LogP contribution in [0.1, 0.15) is 25.8 Å². The van der Waals surface area contributed by atoms with Gasteiger partial charge in [-0.3, -0.25) is 0 Å². The zero-order valence-electron chi connectivity index (χ0n) is 12.9. The standard InChI is InChI=1S/C15H26N2O2/c1-11-13(18-5)8-7-12(14(11)19-6)17(4)10-9-15(2,3)16/h7-8H,9-10,16H2,1-6H3. The molecule has 0 atom stereocenters. The summed E-state index contributed by atoms with van der Waals surface area (Å²) in [6.45, 7) is 6.96. The van der Waals surface area contributed by atoms with E-state index in [9.17, 15) is 0 Å². The highest BCUT2D eigenvalue weighted by Gasteiger charge is 2.17. The maximum Gasteiger partial charge on any atom is 0.148 e. The summed E-state index contributed by atoms with van der Waals surface area (Å²) in [5.41, 5.74) is 7.94. The van der Waals surface area contributed by atoms with Crippen molar-refractivity contribution in [2.45, 2.75) is 32.7 Å². The first-order valence-corrected chi connectivity index (χ1v) is 6.51. The Hall–Kier alpha value is -1.42. The molecule has 1 rings (SSSR count). The molecule has 108 valence electrons. The molecule has 0 fully saturated rings. The van der Waals surface area contributed by atoms with Gasteiger partial charge >= 0.3 is 0 Å². The predicted octanol–water partition coefficient (Wildman–Crippen LogP) is 2.58. The van der Waals surface area contributed by atoms with Crippen molar-refractivity contribution < 1.29 is 9.47 Å². The Morgan fingerprint density at radius 1 is 1.21 bits per heavy atom. The first kappa shape index (κ1) is 15.6. The van der Waals surface area contributed by atoms with Crippen molar-refractivity contribution in [2.75, 3.05) is 32.7 Å². The van der Waals surface area contributed by atoms with E-state index in [2.05, 4.69) is 11.9 Å². The van der Waals surface area contributed by atoms with Crippen LogP contribution in [0.3, 0.4) is 0 Å². The molecule has 0 radical (unpaired) electrons. The third-order valence-electron chi connectivity index (χ3n) is 3.26. The highest BCUT2D eigenvalue weighted by atomic mass is 16.5. The number of nitrogens with zero attached hydrogens (tertiary/aromatic N) is 1. The van der Waals surface area contributed by atoms with Gasteiger partial charge in [0.15, 0.2) is 0 Å². The molecule has 2 N–H and O–H groups in total. The average Bonchev–Trinajstić information content (AvgIpc) is 2.34. The van der Waals surface area contributed by atoms with Crippen LogP contribution in [-0.4, -0.2) is 33.4 Å². The molecule has 1 aromatic rings. The molecule has 0 aromatic heterocycles. The molecule has 0 aliphatic carbocycles. The van der Waals surface area contributed by atoms with Crippen molar-refractivity contribution in [3.63, 3.8) is 0 Å². The van der Waals surface area contributed by atoms with Crippen LogP contribution in [0.25, 0.3) is 0 Å². The molecule has 0 spiro atoms. The molecular formula is C15H26N2O2. The van der Waals surface area contributed by atoms with Crippen molar-refractivity contribution in [2.24, 2.45) is 5.73 Å². The van der Waals surface area contributed by atoms with Gasteiger partial charge in [0.2, 0.25) is 0 Å². The smallest absolute Gasteiger partial charge is 0.148 e. The minimum Gasteiger partial charge on any atom is -0.496 e. The van der Waals surface area contributed by atoms with E-state index in [1.54, 1.807) is 14.2 Å². The quantitative estimate of drug-likeness (QED) is 0.859. The van der Waals surface area contributed by atoms with Crippen molar-refractivity contribution in [3.05, 3.63) is 17.7 Å². The Balaban J connectivity index is 2.97. The third-order valence-corrected chi connectivity index (χ3v) is 3.26. The van der Waals surface area contributed by atoms with Crippen molar-refractivity contribution in [1.82, 2.24) is 0 Å². The highest BCUT2D eigenvalue weighted by molar-refractivity contribution is 5.65. The summed E-state index contributed by atoms with van der Waals surface area (Å²) in [5, 5.41) is 0. The van der Waals surface area contributed by atoms with E-state index in [4.69, 9.17) is 15.2 Å². The predicted molar refractivity (Wildman–Crippen MR) is 80.4 cm³/mol.